The number of rotatable bonds is 8. The number of carbonyl (C=O) groups excluding carboxylic acids is 1. The first-order chi connectivity index (χ1) is 17.9. The second-order valence-corrected chi connectivity index (χ2v) is 9.75. The van der Waals surface area contributed by atoms with Gasteiger partial charge in [-0.25, -0.2) is 0 Å². The molecular formula is C30H37FN4O2. The first kappa shape index (κ1) is 26.3. The number of piperazine rings is 1. The van der Waals surface area contributed by atoms with Crippen molar-refractivity contribution in [3.8, 4) is 5.75 Å². The predicted octanol–water partition coefficient (Wildman–Crippen LogP) is 5.74. The Hall–Kier alpha value is -3.74. The maximum absolute atomic E-state index is 13.2. The van der Waals surface area contributed by atoms with Gasteiger partial charge in [0, 0.05) is 60.9 Å². The lowest BCUT2D eigenvalue weighted by Gasteiger charge is -2.37. The van der Waals surface area contributed by atoms with Crippen molar-refractivity contribution in [1.82, 2.24) is 10.2 Å². The highest BCUT2D eigenvalue weighted by Gasteiger charge is 2.23. The van der Waals surface area contributed by atoms with E-state index in [1.165, 1.54) is 11.3 Å². The van der Waals surface area contributed by atoms with Gasteiger partial charge in [0.2, 0.25) is 0 Å². The second-order valence-electron chi connectivity index (χ2n) is 9.75. The Morgan fingerprint density at radius 2 is 1.57 bits per heavy atom. The summed E-state index contributed by atoms with van der Waals surface area (Å²) in [7, 11) is 0. The number of nitrogens with zero attached hydrogens (tertiary/aromatic N) is 3. The van der Waals surface area contributed by atoms with Crippen LogP contribution in [0.25, 0.3) is 0 Å². The van der Waals surface area contributed by atoms with Crippen molar-refractivity contribution in [2.24, 2.45) is 0 Å². The summed E-state index contributed by atoms with van der Waals surface area (Å²) in [5, 5.41) is 3.13. The highest BCUT2D eigenvalue weighted by molar-refractivity contribution is 5.93. The largest absolute Gasteiger partial charge is 0.368 e. The predicted molar refractivity (Wildman–Crippen MR) is 148 cm³/mol. The minimum absolute atomic E-state index is 0.0462. The van der Waals surface area contributed by atoms with Crippen LogP contribution in [0.3, 0.4) is 0 Å². The van der Waals surface area contributed by atoms with E-state index in [-0.39, 0.29) is 17.7 Å². The van der Waals surface area contributed by atoms with E-state index >= 15 is 0 Å². The molecule has 1 atom stereocenters. The number of anilines is 2. The molecule has 37 heavy (non-hydrogen) atoms. The van der Waals surface area contributed by atoms with Crippen molar-refractivity contribution in [3.05, 3.63) is 89.3 Å². The van der Waals surface area contributed by atoms with Gasteiger partial charge in [0.1, 0.15) is 5.70 Å². The number of carbonyl (C=O) groups is 1. The zero-order valence-corrected chi connectivity index (χ0v) is 22.2. The number of benzene rings is 2. The molecule has 1 fully saturated rings. The molecule has 1 N–H and O–H groups in total. The van der Waals surface area contributed by atoms with Crippen LogP contribution in [0.4, 0.5) is 15.9 Å². The number of halogens is 1. The Bertz CT molecular complexity index is 1160. The molecule has 0 aromatic heterocycles. The third-order valence-corrected chi connectivity index (χ3v) is 7.17. The second kappa shape index (κ2) is 12.0. The Morgan fingerprint density at radius 3 is 2.08 bits per heavy atom. The molecule has 4 rings (SSSR count). The molecule has 2 aromatic rings. The van der Waals surface area contributed by atoms with Crippen molar-refractivity contribution in [1.29, 1.82) is 0 Å². The average molecular weight is 505 g/mol. The molecule has 2 aliphatic heterocycles. The quantitative estimate of drug-likeness (QED) is 0.465. The number of amides is 1. The van der Waals surface area contributed by atoms with Crippen molar-refractivity contribution >= 4 is 17.3 Å². The first-order valence-electron chi connectivity index (χ1n) is 13.0. The number of nitrogens with one attached hydrogen (secondary N) is 1. The fourth-order valence-corrected chi connectivity index (χ4v) is 4.85. The van der Waals surface area contributed by atoms with Crippen LogP contribution in [0.15, 0.2) is 83.7 Å². The molecule has 6 nitrogen and oxygen atoms in total. The van der Waals surface area contributed by atoms with Crippen molar-refractivity contribution < 1.29 is 14.3 Å². The SMILES string of the molecule is CC/C(C)=C(\C(=O)NCc1ccc(N2CCN(c3ccc(OF)cc3)CC2)cc1)N1C=CC(C)=CC1C. The van der Waals surface area contributed by atoms with Gasteiger partial charge in [0.05, 0.1) is 0 Å². The van der Waals surface area contributed by atoms with E-state index < -0.39 is 0 Å². The molecular weight excluding hydrogens is 467 g/mol. The van der Waals surface area contributed by atoms with Gasteiger partial charge in [-0.15, -0.1) is 0 Å². The highest BCUT2D eigenvalue weighted by atomic mass is 19.3. The molecule has 0 radical (unpaired) electrons. The van der Waals surface area contributed by atoms with Crippen LogP contribution in [0, 0.1) is 0 Å². The Morgan fingerprint density at radius 1 is 1.00 bits per heavy atom. The summed E-state index contributed by atoms with van der Waals surface area (Å²) in [6.07, 6.45) is 7.05. The smallest absolute Gasteiger partial charge is 0.268 e. The van der Waals surface area contributed by atoms with Gasteiger partial charge in [0.15, 0.2) is 5.75 Å². The number of hydrogen-bond donors (Lipinski definition) is 1. The first-order valence-corrected chi connectivity index (χ1v) is 13.0. The van der Waals surface area contributed by atoms with Gasteiger partial charge in [-0.1, -0.05) is 30.7 Å². The molecule has 7 heteroatoms. The fraction of sp³-hybridized carbons (Fsp3) is 0.367. The number of hydrogen-bond acceptors (Lipinski definition) is 5. The van der Waals surface area contributed by atoms with Gasteiger partial charge in [-0.3, -0.25) is 9.74 Å². The minimum Gasteiger partial charge on any atom is -0.368 e. The van der Waals surface area contributed by atoms with Gasteiger partial charge in [-0.05, 0) is 80.8 Å². The summed E-state index contributed by atoms with van der Waals surface area (Å²) < 4.78 is 12.3. The zero-order chi connectivity index (χ0) is 26.4. The zero-order valence-electron chi connectivity index (χ0n) is 22.2. The summed E-state index contributed by atoms with van der Waals surface area (Å²) in [4.78, 5) is 23.7. The van der Waals surface area contributed by atoms with Crippen molar-refractivity contribution in [3.63, 3.8) is 0 Å². The maximum Gasteiger partial charge on any atom is 0.268 e. The summed E-state index contributed by atoms with van der Waals surface area (Å²) in [5.74, 6) is 0.173. The van der Waals surface area contributed by atoms with Crippen LogP contribution in [-0.4, -0.2) is 43.0 Å². The third-order valence-electron chi connectivity index (χ3n) is 7.17. The van der Waals surface area contributed by atoms with Gasteiger partial charge >= 0.3 is 0 Å². The number of allylic oxidation sites excluding steroid dienone is 3. The van der Waals surface area contributed by atoms with Crippen LogP contribution >= 0.6 is 0 Å². The van der Waals surface area contributed by atoms with Crippen molar-refractivity contribution in [2.45, 2.75) is 46.7 Å². The van der Waals surface area contributed by atoms with Gasteiger partial charge in [0.25, 0.3) is 5.91 Å². The monoisotopic (exact) mass is 504 g/mol. The summed E-state index contributed by atoms with van der Waals surface area (Å²) in [5.41, 5.74) is 6.32. The Labute approximate surface area is 219 Å². The van der Waals surface area contributed by atoms with Crippen LogP contribution in [0.2, 0.25) is 0 Å². The van der Waals surface area contributed by atoms with Crippen LogP contribution in [0.5, 0.6) is 5.75 Å². The highest BCUT2D eigenvalue weighted by Crippen LogP contribution is 2.25. The van der Waals surface area contributed by atoms with Crippen LogP contribution in [-0.2, 0) is 11.3 Å². The molecule has 2 heterocycles. The molecule has 1 saturated heterocycles. The maximum atomic E-state index is 13.2. The van der Waals surface area contributed by atoms with Crippen LogP contribution < -0.4 is 20.1 Å². The summed E-state index contributed by atoms with van der Waals surface area (Å²) >= 11 is 0. The molecule has 0 bridgehead atoms. The van der Waals surface area contributed by atoms with E-state index in [2.05, 4.69) is 76.1 Å². The molecule has 2 aromatic carbocycles. The third kappa shape index (κ3) is 6.34. The van der Waals surface area contributed by atoms with Gasteiger partial charge in [-0.2, -0.15) is 0 Å². The normalized spacial score (nSPS) is 18.4. The minimum atomic E-state index is -0.0462. The summed E-state index contributed by atoms with van der Waals surface area (Å²) in [6, 6.07) is 15.6. The molecule has 2 aliphatic rings. The fourth-order valence-electron chi connectivity index (χ4n) is 4.85. The average Bonchev–Trinajstić information content (AvgIpc) is 2.93. The lowest BCUT2D eigenvalue weighted by Crippen LogP contribution is -2.46. The summed E-state index contributed by atoms with van der Waals surface area (Å²) in [6.45, 7) is 12.4. The molecule has 1 amide bonds. The van der Waals surface area contributed by atoms with E-state index in [9.17, 15) is 9.32 Å². The molecule has 196 valence electrons. The van der Waals surface area contributed by atoms with E-state index in [0.717, 1.165) is 55.1 Å². The van der Waals surface area contributed by atoms with Crippen molar-refractivity contribution in [2.75, 3.05) is 36.0 Å². The van der Waals surface area contributed by atoms with Crippen LogP contribution in [0.1, 0.15) is 39.7 Å². The van der Waals surface area contributed by atoms with E-state index in [1.54, 1.807) is 12.1 Å². The van der Waals surface area contributed by atoms with Gasteiger partial charge < -0.3 is 20.0 Å². The standard InChI is InChI=1S/C30H37FN4O2/c1-5-23(3)29(35-15-14-22(2)20-24(35)4)30(36)32-21-25-6-8-26(9-7-25)33-16-18-34(19-17-33)27-10-12-28(37-31)13-11-27/h6-15,20,24H,5,16-19,21H2,1-4H3,(H,32,36)/b29-23+. The van der Waals surface area contributed by atoms with E-state index in [1.807, 2.05) is 31.3 Å². The molecule has 0 saturated carbocycles. The van der Waals surface area contributed by atoms with E-state index in [4.69, 9.17) is 0 Å². The topological polar surface area (TPSA) is 48.1 Å². The molecule has 0 spiro atoms. The molecule has 1 unspecified atom stereocenters. The lowest BCUT2D eigenvalue weighted by atomic mass is 10.1. The lowest BCUT2D eigenvalue weighted by molar-refractivity contribution is -0.119. The Kier molecular flexibility index (Phi) is 8.54. The Balaban J connectivity index is 1.32. The van der Waals surface area contributed by atoms with E-state index in [0.29, 0.717) is 6.54 Å². The molecule has 0 aliphatic carbocycles.